The van der Waals surface area contributed by atoms with E-state index in [2.05, 4.69) is 5.32 Å². The van der Waals surface area contributed by atoms with E-state index in [1.807, 2.05) is 24.3 Å². The van der Waals surface area contributed by atoms with Crippen molar-refractivity contribution in [1.29, 1.82) is 0 Å². The summed E-state index contributed by atoms with van der Waals surface area (Å²) in [4.78, 5) is 38.7. The number of furan rings is 1. The fraction of sp³-hybridized carbons (Fsp3) is 0.174. The Morgan fingerprint density at radius 1 is 1.00 bits per heavy atom. The second-order valence-electron chi connectivity index (χ2n) is 7.23. The van der Waals surface area contributed by atoms with Gasteiger partial charge in [-0.05, 0) is 41.0 Å². The predicted molar refractivity (Wildman–Crippen MR) is 110 cm³/mol. The highest BCUT2D eigenvalue weighted by atomic mass is 16.3. The Hall–Kier alpha value is -3.87. The highest BCUT2D eigenvalue weighted by Gasteiger charge is 2.36. The third-order valence-electron chi connectivity index (χ3n) is 5.14. The average Bonchev–Trinajstić information content (AvgIpc) is 3.28. The van der Waals surface area contributed by atoms with Gasteiger partial charge in [0, 0.05) is 18.7 Å². The minimum atomic E-state index is -0.678. The Labute approximate surface area is 173 Å². The predicted octanol–water partition coefficient (Wildman–Crippen LogP) is 2.51. The van der Waals surface area contributed by atoms with Crippen LogP contribution in [0.25, 0.3) is 0 Å². The fourth-order valence-corrected chi connectivity index (χ4v) is 3.65. The zero-order valence-electron chi connectivity index (χ0n) is 16.2. The van der Waals surface area contributed by atoms with Crippen molar-refractivity contribution in [2.24, 2.45) is 5.73 Å². The molecular weight excluding hydrogens is 382 g/mol. The Morgan fingerprint density at radius 3 is 2.40 bits per heavy atom. The Kier molecular flexibility index (Phi) is 5.34. The maximum absolute atomic E-state index is 13.1. The van der Waals surface area contributed by atoms with E-state index in [-0.39, 0.29) is 24.0 Å². The molecule has 30 heavy (non-hydrogen) atoms. The topological polar surface area (TPSA) is 106 Å². The van der Waals surface area contributed by atoms with E-state index in [1.54, 1.807) is 36.4 Å². The number of rotatable bonds is 5. The van der Waals surface area contributed by atoms with Crippen molar-refractivity contribution < 1.29 is 18.8 Å². The van der Waals surface area contributed by atoms with Crippen LogP contribution in [0.1, 0.15) is 27.2 Å². The molecule has 1 aliphatic rings. The van der Waals surface area contributed by atoms with Crippen LogP contribution < -0.4 is 11.1 Å². The summed E-state index contributed by atoms with van der Waals surface area (Å²) in [5.41, 5.74) is 8.61. The molecule has 3 N–H and O–H groups in total. The molecule has 0 bridgehead atoms. The largest absolute Gasteiger partial charge is 0.459 e. The second kappa shape index (κ2) is 8.24. The number of benzene rings is 2. The van der Waals surface area contributed by atoms with Gasteiger partial charge in [-0.25, -0.2) is 0 Å². The number of hydrogen-bond donors (Lipinski definition) is 2. The summed E-state index contributed by atoms with van der Waals surface area (Å²) in [6.07, 6.45) is 1.99. The molecule has 0 saturated heterocycles. The van der Waals surface area contributed by atoms with Crippen molar-refractivity contribution in [3.05, 3.63) is 89.4 Å². The van der Waals surface area contributed by atoms with Crippen LogP contribution in [0.3, 0.4) is 0 Å². The molecule has 0 unspecified atom stereocenters. The zero-order valence-corrected chi connectivity index (χ0v) is 16.2. The van der Waals surface area contributed by atoms with Crippen LogP contribution in [-0.4, -0.2) is 28.7 Å². The molecule has 4 rings (SSSR count). The molecule has 0 radical (unpaired) electrons. The summed E-state index contributed by atoms with van der Waals surface area (Å²) < 4.78 is 5.27. The van der Waals surface area contributed by atoms with Crippen molar-refractivity contribution in [3.8, 4) is 0 Å². The lowest BCUT2D eigenvalue weighted by atomic mass is 9.93. The van der Waals surface area contributed by atoms with Crippen LogP contribution in [0.4, 0.5) is 5.69 Å². The monoisotopic (exact) mass is 403 g/mol. The van der Waals surface area contributed by atoms with Crippen molar-refractivity contribution in [2.45, 2.75) is 25.4 Å². The minimum Gasteiger partial charge on any atom is -0.459 e. The van der Waals surface area contributed by atoms with Gasteiger partial charge in [0.05, 0.1) is 12.7 Å². The van der Waals surface area contributed by atoms with E-state index >= 15 is 0 Å². The Bertz CT molecular complexity index is 1070. The summed E-state index contributed by atoms with van der Waals surface area (Å²) in [6.45, 7) is 0.325. The number of nitrogens with two attached hydrogens (primary N) is 1. The van der Waals surface area contributed by atoms with E-state index in [0.29, 0.717) is 18.7 Å². The first-order valence-electron chi connectivity index (χ1n) is 9.60. The van der Waals surface area contributed by atoms with Crippen molar-refractivity contribution >= 4 is 23.4 Å². The number of anilines is 1. The standard InChI is InChI=1S/C23H21N3O4/c24-21(27)12-15-7-9-18(10-8-15)25-22(28)19-13-16-4-1-2-5-17(16)14-26(19)23(29)20-6-3-11-30-20/h1-11,19H,12-14H2,(H2,24,27)(H,25,28)/t19-/m0/s1. The number of amides is 3. The first kappa shape index (κ1) is 19.4. The van der Waals surface area contributed by atoms with Gasteiger partial charge >= 0.3 is 0 Å². The lowest BCUT2D eigenvalue weighted by Gasteiger charge is -2.35. The van der Waals surface area contributed by atoms with Crippen LogP contribution in [0.2, 0.25) is 0 Å². The smallest absolute Gasteiger partial charge is 0.290 e. The molecule has 0 aliphatic carbocycles. The Morgan fingerprint density at radius 2 is 1.73 bits per heavy atom. The molecule has 152 valence electrons. The third kappa shape index (κ3) is 4.10. The highest BCUT2D eigenvalue weighted by molar-refractivity contribution is 6.00. The van der Waals surface area contributed by atoms with Gasteiger partial charge in [0.1, 0.15) is 6.04 Å². The molecule has 3 amide bonds. The molecule has 7 nitrogen and oxygen atoms in total. The molecule has 0 spiro atoms. The number of primary amides is 1. The van der Waals surface area contributed by atoms with Crippen LogP contribution >= 0.6 is 0 Å². The van der Waals surface area contributed by atoms with Gasteiger partial charge in [-0.15, -0.1) is 0 Å². The summed E-state index contributed by atoms with van der Waals surface area (Å²) in [5.74, 6) is -0.832. The van der Waals surface area contributed by atoms with Gasteiger partial charge in [0.15, 0.2) is 5.76 Å². The fourth-order valence-electron chi connectivity index (χ4n) is 3.65. The third-order valence-corrected chi connectivity index (χ3v) is 5.14. The quantitative estimate of drug-likeness (QED) is 0.683. The van der Waals surface area contributed by atoms with E-state index in [9.17, 15) is 14.4 Å². The van der Waals surface area contributed by atoms with Crippen LogP contribution in [-0.2, 0) is 29.0 Å². The van der Waals surface area contributed by atoms with E-state index in [1.165, 1.54) is 11.2 Å². The molecule has 3 aromatic rings. The van der Waals surface area contributed by atoms with E-state index < -0.39 is 11.9 Å². The summed E-state index contributed by atoms with van der Waals surface area (Å²) in [7, 11) is 0. The molecular formula is C23H21N3O4. The first-order valence-corrected chi connectivity index (χ1v) is 9.60. The van der Waals surface area contributed by atoms with Crippen LogP contribution in [0, 0.1) is 0 Å². The number of nitrogens with zero attached hydrogens (tertiary/aromatic N) is 1. The molecule has 1 atom stereocenters. The van der Waals surface area contributed by atoms with Crippen LogP contribution in [0.5, 0.6) is 0 Å². The van der Waals surface area contributed by atoms with Gasteiger partial charge in [0.25, 0.3) is 5.91 Å². The highest BCUT2D eigenvalue weighted by Crippen LogP contribution is 2.26. The molecule has 2 heterocycles. The molecule has 2 aromatic carbocycles. The van der Waals surface area contributed by atoms with Gasteiger partial charge in [0.2, 0.25) is 11.8 Å². The summed E-state index contributed by atoms with van der Waals surface area (Å²) >= 11 is 0. The van der Waals surface area contributed by atoms with E-state index in [4.69, 9.17) is 10.2 Å². The average molecular weight is 403 g/mol. The number of carbonyl (C=O) groups is 3. The maximum atomic E-state index is 13.1. The summed E-state index contributed by atoms with van der Waals surface area (Å²) in [6, 6.07) is 17.2. The van der Waals surface area contributed by atoms with Crippen molar-refractivity contribution in [1.82, 2.24) is 4.90 Å². The number of carbonyl (C=O) groups excluding carboxylic acids is 3. The second-order valence-corrected chi connectivity index (χ2v) is 7.23. The normalized spacial score (nSPS) is 15.3. The lowest BCUT2D eigenvalue weighted by molar-refractivity contribution is -0.121. The van der Waals surface area contributed by atoms with E-state index in [0.717, 1.165) is 16.7 Å². The number of nitrogens with one attached hydrogen (secondary N) is 1. The van der Waals surface area contributed by atoms with Gasteiger partial charge < -0.3 is 20.4 Å². The van der Waals surface area contributed by atoms with Crippen molar-refractivity contribution in [3.63, 3.8) is 0 Å². The molecule has 1 aliphatic heterocycles. The van der Waals surface area contributed by atoms with Crippen LogP contribution in [0.15, 0.2) is 71.3 Å². The number of hydrogen-bond acceptors (Lipinski definition) is 4. The SMILES string of the molecule is NC(=O)Cc1ccc(NC(=O)[C@@H]2Cc3ccccc3CN2C(=O)c2ccco2)cc1. The molecule has 0 fully saturated rings. The van der Waals surface area contributed by atoms with Gasteiger partial charge in [-0.1, -0.05) is 36.4 Å². The van der Waals surface area contributed by atoms with Crippen molar-refractivity contribution in [2.75, 3.05) is 5.32 Å². The number of fused-ring (bicyclic) bond motifs is 1. The molecule has 1 aromatic heterocycles. The summed E-state index contributed by atoms with van der Waals surface area (Å²) in [5, 5.41) is 2.87. The van der Waals surface area contributed by atoms with Gasteiger partial charge in [-0.3, -0.25) is 14.4 Å². The zero-order chi connectivity index (χ0) is 21.1. The van der Waals surface area contributed by atoms with Gasteiger partial charge in [-0.2, -0.15) is 0 Å². The lowest BCUT2D eigenvalue weighted by Crippen LogP contribution is -2.50. The first-order chi connectivity index (χ1) is 14.5. The Balaban J connectivity index is 1.56. The molecule has 7 heteroatoms. The minimum absolute atomic E-state index is 0.138. The maximum Gasteiger partial charge on any atom is 0.290 e. The molecule has 0 saturated carbocycles.